The van der Waals surface area contributed by atoms with Gasteiger partial charge >= 0.3 is 0 Å². The number of benzene rings is 2. The topological polar surface area (TPSA) is 67.4 Å². The van der Waals surface area contributed by atoms with Crippen molar-refractivity contribution in [3.8, 4) is 17.6 Å². The zero-order valence-corrected chi connectivity index (χ0v) is 14.0. The minimum Gasteiger partial charge on any atom is -0.481 e. The second-order valence-corrected chi connectivity index (χ2v) is 5.29. The number of anilines is 1. The molecular weight excluding hydrogens is 316 g/mol. The molecule has 0 aliphatic heterocycles. The highest BCUT2D eigenvalue weighted by Gasteiger charge is 2.00. The first-order valence-electron chi connectivity index (χ1n) is 7.90. The van der Waals surface area contributed by atoms with Gasteiger partial charge in [-0.3, -0.25) is 9.59 Å². The standard InChI is InChI=1S/C20H20N2O3/c1-16(23)22-18-10-7-11-19(15-18)25-13-6-5-12-21-20(24)14-17-8-3-2-4-9-17/h2-4,7-11,15H,12-14H2,1H3,(H,21,24)(H,22,23). The molecular formula is C20H20N2O3. The van der Waals surface area contributed by atoms with Crippen molar-refractivity contribution in [2.24, 2.45) is 0 Å². The summed E-state index contributed by atoms with van der Waals surface area (Å²) in [6, 6.07) is 16.6. The molecule has 2 rings (SSSR count). The van der Waals surface area contributed by atoms with E-state index in [1.807, 2.05) is 30.3 Å². The number of nitrogens with one attached hydrogen (secondary N) is 2. The fraction of sp³-hybridized carbons (Fsp3) is 0.200. The first-order valence-corrected chi connectivity index (χ1v) is 7.90. The van der Waals surface area contributed by atoms with Crippen molar-refractivity contribution in [1.29, 1.82) is 0 Å². The number of rotatable bonds is 6. The first-order chi connectivity index (χ1) is 12.1. The number of amides is 2. The van der Waals surface area contributed by atoms with E-state index in [2.05, 4.69) is 22.5 Å². The van der Waals surface area contributed by atoms with E-state index in [1.54, 1.807) is 24.3 Å². The van der Waals surface area contributed by atoms with Gasteiger partial charge in [0.25, 0.3) is 0 Å². The van der Waals surface area contributed by atoms with Gasteiger partial charge in [-0.25, -0.2) is 0 Å². The molecule has 5 nitrogen and oxygen atoms in total. The van der Waals surface area contributed by atoms with Gasteiger partial charge in [0.15, 0.2) is 0 Å². The lowest BCUT2D eigenvalue weighted by molar-refractivity contribution is -0.120. The summed E-state index contributed by atoms with van der Waals surface area (Å²) in [5, 5.41) is 5.43. The lowest BCUT2D eigenvalue weighted by Gasteiger charge is -2.05. The van der Waals surface area contributed by atoms with Crippen molar-refractivity contribution >= 4 is 17.5 Å². The second kappa shape index (κ2) is 9.78. The number of ether oxygens (including phenoxy) is 1. The molecule has 0 spiro atoms. The van der Waals surface area contributed by atoms with Crippen LogP contribution in [0.25, 0.3) is 0 Å². The quantitative estimate of drug-likeness (QED) is 0.796. The summed E-state index contributed by atoms with van der Waals surface area (Å²) in [7, 11) is 0. The Hall–Kier alpha value is -3.26. The third-order valence-corrected chi connectivity index (χ3v) is 3.17. The van der Waals surface area contributed by atoms with E-state index in [-0.39, 0.29) is 25.0 Å². The van der Waals surface area contributed by atoms with Crippen LogP contribution in [0.15, 0.2) is 54.6 Å². The van der Waals surface area contributed by atoms with E-state index in [0.717, 1.165) is 5.56 Å². The molecule has 0 fully saturated rings. The summed E-state index contributed by atoms with van der Waals surface area (Å²) in [5.41, 5.74) is 1.64. The van der Waals surface area contributed by atoms with Gasteiger partial charge in [-0.2, -0.15) is 0 Å². The van der Waals surface area contributed by atoms with Crippen LogP contribution in [0.4, 0.5) is 5.69 Å². The van der Waals surface area contributed by atoms with Gasteiger partial charge in [-0.15, -0.1) is 0 Å². The molecule has 0 aromatic heterocycles. The molecule has 5 heteroatoms. The van der Waals surface area contributed by atoms with Gasteiger partial charge in [0.2, 0.25) is 11.8 Å². The van der Waals surface area contributed by atoms with Crippen molar-refractivity contribution in [3.63, 3.8) is 0 Å². The van der Waals surface area contributed by atoms with E-state index in [0.29, 0.717) is 17.9 Å². The predicted molar refractivity (Wildman–Crippen MR) is 97.2 cm³/mol. The summed E-state index contributed by atoms with van der Waals surface area (Å²) >= 11 is 0. The maximum atomic E-state index is 11.7. The average Bonchev–Trinajstić information content (AvgIpc) is 2.58. The molecule has 2 aromatic rings. The van der Waals surface area contributed by atoms with E-state index >= 15 is 0 Å². The van der Waals surface area contributed by atoms with Crippen LogP contribution < -0.4 is 15.4 Å². The summed E-state index contributed by atoms with van der Waals surface area (Å²) < 4.78 is 5.49. The highest BCUT2D eigenvalue weighted by atomic mass is 16.5. The summed E-state index contributed by atoms with van der Waals surface area (Å²) in [4.78, 5) is 22.8. The lowest BCUT2D eigenvalue weighted by Crippen LogP contribution is -2.25. The molecule has 0 heterocycles. The van der Waals surface area contributed by atoms with Gasteiger partial charge < -0.3 is 15.4 Å². The molecule has 0 unspecified atom stereocenters. The molecule has 2 aromatic carbocycles. The van der Waals surface area contributed by atoms with Crippen LogP contribution in [0.1, 0.15) is 12.5 Å². The monoisotopic (exact) mass is 336 g/mol. The van der Waals surface area contributed by atoms with Crippen molar-refractivity contribution in [2.75, 3.05) is 18.5 Å². The van der Waals surface area contributed by atoms with Crippen LogP contribution in [0.2, 0.25) is 0 Å². The zero-order chi connectivity index (χ0) is 17.9. The first kappa shape index (κ1) is 18.1. The fourth-order valence-corrected chi connectivity index (χ4v) is 2.09. The predicted octanol–water partition coefficient (Wildman–Crippen LogP) is 2.39. The molecule has 25 heavy (non-hydrogen) atoms. The normalized spacial score (nSPS) is 9.48. The minimum absolute atomic E-state index is 0.0653. The molecule has 128 valence electrons. The number of carbonyl (C=O) groups excluding carboxylic acids is 2. The van der Waals surface area contributed by atoms with Crippen LogP contribution in [-0.2, 0) is 16.0 Å². The Bertz CT molecular complexity index is 776. The Morgan fingerprint density at radius 1 is 1.04 bits per heavy atom. The zero-order valence-electron chi connectivity index (χ0n) is 14.0. The fourth-order valence-electron chi connectivity index (χ4n) is 2.09. The number of hydrogen-bond acceptors (Lipinski definition) is 3. The van der Waals surface area contributed by atoms with Gasteiger partial charge in [-0.1, -0.05) is 48.2 Å². The van der Waals surface area contributed by atoms with E-state index in [1.165, 1.54) is 6.92 Å². The van der Waals surface area contributed by atoms with Crippen molar-refractivity contribution in [2.45, 2.75) is 13.3 Å². The third kappa shape index (κ3) is 7.23. The van der Waals surface area contributed by atoms with Crippen molar-refractivity contribution in [1.82, 2.24) is 5.32 Å². The Morgan fingerprint density at radius 2 is 1.84 bits per heavy atom. The highest BCUT2D eigenvalue weighted by molar-refractivity contribution is 5.88. The molecule has 0 bridgehead atoms. The van der Waals surface area contributed by atoms with Gasteiger partial charge in [0.1, 0.15) is 12.4 Å². The van der Waals surface area contributed by atoms with Crippen LogP contribution in [0.3, 0.4) is 0 Å². The molecule has 0 radical (unpaired) electrons. The Labute approximate surface area is 147 Å². The largest absolute Gasteiger partial charge is 0.481 e. The van der Waals surface area contributed by atoms with E-state index in [9.17, 15) is 9.59 Å². The molecule has 2 amide bonds. The van der Waals surface area contributed by atoms with Crippen LogP contribution in [0, 0.1) is 11.8 Å². The molecule has 0 saturated carbocycles. The summed E-state index contributed by atoms with van der Waals surface area (Å²) in [5.74, 6) is 6.10. The van der Waals surface area contributed by atoms with Crippen LogP contribution in [-0.4, -0.2) is 25.0 Å². The molecule has 0 saturated heterocycles. The maximum absolute atomic E-state index is 11.7. The van der Waals surface area contributed by atoms with Crippen LogP contribution in [0.5, 0.6) is 5.75 Å². The molecule has 0 aliphatic carbocycles. The SMILES string of the molecule is CC(=O)Nc1cccc(OCC#CCNC(=O)Cc2ccccc2)c1. The van der Waals surface area contributed by atoms with Crippen LogP contribution >= 0.6 is 0 Å². The van der Waals surface area contributed by atoms with Gasteiger partial charge in [0, 0.05) is 18.7 Å². The lowest BCUT2D eigenvalue weighted by atomic mass is 10.1. The van der Waals surface area contributed by atoms with Crippen molar-refractivity contribution in [3.05, 3.63) is 60.2 Å². The molecule has 0 atom stereocenters. The van der Waals surface area contributed by atoms with Gasteiger partial charge in [-0.05, 0) is 17.7 Å². The highest BCUT2D eigenvalue weighted by Crippen LogP contribution is 2.16. The Balaban J connectivity index is 1.69. The Kier molecular flexibility index (Phi) is 7.08. The third-order valence-electron chi connectivity index (χ3n) is 3.17. The molecule has 2 N–H and O–H groups in total. The van der Waals surface area contributed by atoms with E-state index < -0.39 is 0 Å². The molecule has 0 aliphatic rings. The summed E-state index contributed by atoms with van der Waals surface area (Å²) in [6.45, 7) is 1.93. The van der Waals surface area contributed by atoms with Crippen molar-refractivity contribution < 1.29 is 14.3 Å². The smallest absolute Gasteiger partial charge is 0.225 e. The second-order valence-electron chi connectivity index (χ2n) is 5.29. The maximum Gasteiger partial charge on any atom is 0.225 e. The minimum atomic E-state index is -0.136. The van der Waals surface area contributed by atoms with E-state index in [4.69, 9.17) is 4.74 Å². The summed E-state index contributed by atoms with van der Waals surface area (Å²) in [6.07, 6.45) is 0.342. The average molecular weight is 336 g/mol. The number of carbonyl (C=O) groups is 2. The van der Waals surface area contributed by atoms with Gasteiger partial charge in [0.05, 0.1) is 13.0 Å². The Morgan fingerprint density at radius 3 is 2.60 bits per heavy atom. The number of hydrogen-bond donors (Lipinski definition) is 2.